The predicted octanol–water partition coefficient (Wildman–Crippen LogP) is 2.79. The molecule has 0 bridgehead atoms. The first-order valence-corrected chi connectivity index (χ1v) is 8.62. The fourth-order valence-corrected chi connectivity index (χ4v) is 3.32. The number of ether oxygens (including phenoxy) is 1. The van der Waals surface area contributed by atoms with Crippen LogP contribution in [0.3, 0.4) is 0 Å². The quantitative estimate of drug-likeness (QED) is 0.667. The van der Waals surface area contributed by atoms with Gasteiger partial charge in [0.05, 0.1) is 0 Å². The lowest BCUT2D eigenvalue weighted by molar-refractivity contribution is -0.161. The topological polar surface area (TPSA) is 49.8 Å². The summed E-state index contributed by atoms with van der Waals surface area (Å²) in [6.07, 6.45) is 7.57. The van der Waals surface area contributed by atoms with Gasteiger partial charge in [-0.25, -0.2) is 4.79 Å². The summed E-state index contributed by atoms with van der Waals surface area (Å²) >= 11 is 0. The fraction of sp³-hybridized carbons (Fsp3) is 0.450. The number of likely N-dealkylation sites (N-methyl/N-ethyl adjacent to an activating group) is 1. The van der Waals surface area contributed by atoms with E-state index in [-0.39, 0.29) is 6.61 Å². The molecule has 0 aromatic heterocycles. The lowest BCUT2D eigenvalue weighted by Crippen LogP contribution is -2.39. The van der Waals surface area contributed by atoms with Crippen LogP contribution in [0.4, 0.5) is 0 Å². The Kier molecular flexibility index (Phi) is 5.17. The molecule has 3 rings (SSSR count). The van der Waals surface area contributed by atoms with E-state index >= 15 is 0 Å². The molecular weight excluding hydrogens is 302 g/mol. The van der Waals surface area contributed by atoms with Crippen LogP contribution in [-0.2, 0) is 15.1 Å². The van der Waals surface area contributed by atoms with E-state index in [0.717, 1.165) is 49.9 Å². The second kappa shape index (κ2) is 7.32. The molecule has 0 radical (unpaired) electrons. The van der Waals surface area contributed by atoms with Crippen molar-refractivity contribution in [2.45, 2.75) is 31.3 Å². The molecule has 0 saturated carbocycles. The molecule has 1 unspecified atom stereocenters. The molecule has 2 aliphatic rings. The number of nitrogens with zero attached hydrogens (tertiary/aromatic N) is 1. The Balaban J connectivity index is 1.77. The summed E-state index contributed by atoms with van der Waals surface area (Å²) in [6, 6.07) is 9.12. The molecule has 0 saturated heterocycles. The molecule has 1 atom stereocenters. The summed E-state index contributed by atoms with van der Waals surface area (Å²) in [5.74, 6) is -0.568. The Morgan fingerprint density at radius 3 is 2.67 bits per heavy atom. The van der Waals surface area contributed by atoms with Crippen molar-refractivity contribution >= 4 is 5.97 Å². The van der Waals surface area contributed by atoms with Gasteiger partial charge in [0, 0.05) is 13.1 Å². The molecular formula is C20H25NO3. The Labute approximate surface area is 143 Å². The summed E-state index contributed by atoms with van der Waals surface area (Å²) in [5.41, 5.74) is 0.804. The van der Waals surface area contributed by atoms with Gasteiger partial charge >= 0.3 is 5.97 Å². The predicted molar refractivity (Wildman–Crippen MR) is 93.4 cm³/mol. The summed E-state index contributed by atoms with van der Waals surface area (Å²) in [7, 11) is 2.07. The van der Waals surface area contributed by atoms with Crippen molar-refractivity contribution in [3.8, 4) is 0 Å². The van der Waals surface area contributed by atoms with Gasteiger partial charge in [-0.3, -0.25) is 0 Å². The summed E-state index contributed by atoms with van der Waals surface area (Å²) in [5, 5.41) is 11.3. The maximum Gasteiger partial charge on any atom is 0.347 e. The second-order valence-corrected chi connectivity index (χ2v) is 6.65. The van der Waals surface area contributed by atoms with Crippen LogP contribution in [0.1, 0.15) is 31.2 Å². The average Bonchev–Trinajstić information content (AvgIpc) is 3.16. The van der Waals surface area contributed by atoms with Gasteiger partial charge in [-0.1, -0.05) is 42.5 Å². The number of esters is 1. The van der Waals surface area contributed by atoms with Gasteiger partial charge in [-0.05, 0) is 49.4 Å². The van der Waals surface area contributed by atoms with Gasteiger partial charge in [0.1, 0.15) is 6.61 Å². The molecule has 24 heavy (non-hydrogen) atoms. The lowest BCUT2D eigenvalue weighted by Gasteiger charge is -2.29. The monoisotopic (exact) mass is 327 g/mol. The van der Waals surface area contributed by atoms with Crippen LogP contribution < -0.4 is 0 Å². The highest BCUT2D eigenvalue weighted by Gasteiger charge is 2.43. The van der Waals surface area contributed by atoms with E-state index in [0.29, 0.717) is 5.56 Å². The van der Waals surface area contributed by atoms with Gasteiger partial charge in [-0.15, -0.1) is 0 Å². The Morgan fingerprint density at radius 2 is 2.04 bits per heavy atom. The van der Waals surface area contributed by atoms with Gasteiger partial charge < -0.3 is 14.7 Å². The first kappa shape index (κ1) is 16.9. The SMILES string of the molecule is CN1CC=C(COC(=O)C(O)(C2=CCCC2)c2ccccc2)CC1. The third-order valence-corrected chi connectivity index (χ3v) is 4.89. The largest absolute Gasteiger partial charge is 0.459 e. The Hall–Kier alpha value is -1.91. The van der Waals surface area contributed by atoms with E-state index in [1.807, 2.05) is 24.3 Å². The normalized spacial score (nSPS) is 20.9. The smallest absolute Gasteiger partial charge is 0.347 e. The van der Waals surface area contributed by atoms with Gasteiger partial charge in [0.25, 0.3) is 0 Å². The van der Waals surface area contributed by atoms with Crippen molar-refractivity contribution in [1.82, 2.24) is 4.90 Å². The number of rotatable bonds is 5. The van der Waals surface area contributed by atoms with Crippen molar-refractivity contribution < 1.29 is 14.6 Å². The highest BCUT2D eigenvalue weighted by molar-refractivity contribution is 5.85. The number of carbonyl (C=O) groups is 1. The van der Waals surface area contributed by atoms with E-state index in [9.17, 15) is 9.90 Å². The third kappa shape index (κ3) is 3.45. The van der Waals surface area contributed by atoms with Crippen LogP contribution in [0.5, 0.6) is 0 Å². The lowest BCUT2D eigenvalue weighted by atomic mass is 9.85. The first-order chi connectivity index (χ1) is 11.6. The molecule has 4 heteroatoms. The molecule has 0 spiro atoms. The third-order valence-electron chi connectivity index (χ3n) is 4.89. The molecule has 1 N–H and O–H groups in total. The Bertz CT molecular complexity index is 650. The molecule has 1 aromatic rings. The Morgan fingerprint density at radius 1 is 1.25 bits per heavy atom. The number of allylic oxidation sites excluding steroid dienone is 1. The van der Waals surface area contributed by atoms with Crippen LogP contribution >= 0.6 is 0 Å². The van der Waals surface area contributed by atoms with Crippen molar-refractivity contribution in [1.29, 1.82) is 0 Å². The number of carbonyl (C=O) groups excluding carboxylic acids is 1. The maximum atomic E-state index is 12.8. The van der Waals surface area contributed by atoms with E-state index in [2.05, 4.69) is 18.0 Å². The molecule has 1 aromatic carbocycles. The van der Waals surface area contributed by atoms with E-state index in [1.165, 1.54) is 0 Å². The van der Waals surface area contributed by atoms with Crippen LogP contribution in [0.2, 0.25) is 0 Å². The number of aliphatic hydroxyl groups is 1. The van der Waals surface area contributed by atoms with Crippen LogP contribution in [0, 0.1) is 0 Å². The number of hydrogen-bond donors (Lipinski definition) is 1. The van der Waals surface area contributed by atoms with Crippen LogP contribution in [0.15, 0.2) is 53.6 Å². The molecule has 128 valence electrons. The van der Waals surface area contributed by atoms with Crippen molar-refractivity contribution in [2.24, 2.45) is 0 Å². The van der Waals surface area contributed by atoms with Crippen molar-refractivity contribution in [2.75, 3.05) is 26.7 Å². The number of benzene rings is 1. The van der Waals surface area contributed by atoms with E-state index in [4.69, 9.17) is 4.74 Å². The maximum absolute atomic E-state index is 12.8. The van der Waals surface area contributed by atoms with Crippen molar-refractivity contribution in [3.05, 3.63) is 59.2 Å². The zero-order valence-electron chi connectivity index (χ0n) is 14.2. The van der Waals surface area contributed by atoms with Crippen LogP contribution in [0.25, 0.3) is 0 Å². The van der Waals surface area contributed by atoms with Gasteiger partial charge in [0.2, 0.25) is 5.60 Å². The molecule has 0 fully saturated rings. The average molecular weight is 327 g/mol. The highest BCUT2D eigenvalue weighted by Crippen LogP contribution is 2.37. The molecule has 1 aliphatic heterocycles. The van der Waals surface area contributed by atoms with Crippen molar-refractivity contribution in [3.63, 3.8) is 0 Å². The summed E-state index contributed by atoms with van der Waals surface area (Å²) in [4.78, 5) is 15.0. The fourth-order valence-electron chi connectivity index (χ4n) is 3.32. The van der Waals surface area contributed by atoms with E-state index in [1.54, 1.807) is 12.1 Å². The standard InChI is InChI=1S/C20H25NO3/c1-21-13-11-16(12-14-21)15-24-19(22)20(23,18-9-5-6-10-18)17-7-3-2-4-8-17/h2-4,7-9,11,23H,5-6,10,12-15H2,1H3. The van der Waals surface area contributed by atoms with Gasteiger partial charge in [-0.2, -0.15) is 0 Å². The first-order valence-electron chi connectivity index (χ1n) is 8.62. The summed E-state index contributed by atoms with van der Waals surface area (Å²) < 4.78 is 5.53. The minimum absolute atomic E-state index is 0.259. The zero-order chi connectivity index (χ0) is 17.0. The van der Waals surface area contributed by atoms with Crippen LogP contribution in [-0.4, -0.2) is 42.7 Å². The molecule has 0 amide bonds. The van der Waals surface area contributed by atoms with E-state index < -0.39 is 11.6 Å². The molecule has 1 heterocycles. The minimum atomic E-state index is -1.66. The second-order valence-electron chi connectivity index (χ2n) is 6.65. The molecule has 4 nitrogen and oxygen atoms in total. The van der Waals surface area contributed by atoms with Gasteiger partial charge in [0.15, 0.2) is 0 Å². The minimum Gasteiger partial charge on any atom is -0.459 e. The number of hydrogen-bond acceptors (Lipinski definition) is 4. The zero-order valence-corrected chi connectivity index (χ0v) is 14.2. The summed E-state index contributed by atoms with van der Waals surface area (Å²) in [6.45, 7) is 2.10. The highest BCUT2D eigenvalue weighted by atomic mass is 16.5. The molecule has 1 aliphatic carbocycles.